The van der Waals surface area contributed by atoms with E-state index < -0.39 is 15.4 Å². The predicted molar refractivity (Wildman–Crippen MR) is 127 cm³/mol. The van der Waals surface area contributed by atoms with Gasteiger partial charge in [0.1, 0.15) is 37.0 Å². The first-order valence-electron chi connectivity index (χ1n) is 10.2. The smallest absolute Gasteiger partial charge is 0.308 e. The molecule has 0 amide bonds. The van der Waals surface area contributed by atoms with Crippen LogP contribution in [0.5, 0.6) is 11.5 Å². The molecule has 0 saturated heterocycles. The van der Waals surface area contributed by atoms with E-state index in [9.17, 15) is 13.7 Å². The van der Waals surface area contributed by atoms with E-state index in [1.807, 2.05) is 26.0 Å². The quantitative estimate of drug-likeness (QED) is 0.424. The first-order chi connectivity index (χ1) is 16.0. The minimum atomic E-state index is -3.48. The molecule has 2 aromatic carbocycles. The molecule has 9 nitrogen and oxygen atoms in total. The number of anilines is 1. The minimum absolute atomic E-state index is 0.0441. The van der Waals surface area contributed by atoms with Gasteiger partial charge in [0.2, 0.25) is 10.0 Å². The fourth-order valence-electron chi connectivity index (χ4n) is 3.20. The average molecular weight is 506 g/mol. The molecule has 11 heteroatoms. The normalized spacial score (nSPS) is 11.6. The maximum Gasteiger partial charge on any atom is 0.308 e. The van der Waals surface area contributed by atoms with E-state index in [-0.39, 0.29) is 31.6 Å². The maximum atomic E-state index is 11.2. The molecule has 1 heterocycles. The molecule has 3 rings (SSSR count). The number of benzene rings is 2. The van der Waals surface area contributed by atoms with Crippen LogP contribution < -0.4 is 14.2 Å². The van der Waals surface area contributed by atoms with Gasteiger partial charge in [0.15, 0.2) is 5.75 Å². The second kappa shape index (κ2) is 10.3. The lowest BCUT2D eigenvalue weighted by molar-refractivity contribution is 0.201. The molecular formula is C23H24ClN3O6S. The number of aromatic nitrogens is 1. The molecule has 0 atom stereocenters. The number of nitrogens with zero attached hydrogens (tertiary/aromatic N) is 2. The largest absolute Gasteiger partial charge is 0.488 e. The van der Waals surface area contributed by atoms with Gasteiger partial charge >= 0.3 is 6.01 Å². The summed E-state index contributed by atoms with van der Waals surface area (Å²) in [6, 6.07) is 12.9. The number of aliphatic hydroxyl groups excluding tert-OH is 1. The first-order valence-corrected chi connectivity index (χ1v) is 12.4. The molecule has 34 heavy (non-hydrogen) atoms. The molecule has 0 radical (unpaired) electrons. The Bertz CT molecular complexity index is 1300. The number of nitrogens with one attached hydrogen (secondary N) is 1. The summed E-state index contributed by atoms with van der Waals surface area (Å²) < 4.78 is 40.8. The second-order valence-electron chi connectivity index (χ2n) is 7.97. The Hall–Kier alpha value is -3.26. The number of rotatable bonds is 10. The van der Waals surface area contributed by atoms with Gasteiger partial charge in [-0.05, 0) is 35.4 Å². The topological polar surface area (TPSA) is 135 Å². The summed E-state index contributed by atoms with van der Waals surface area (Å²) in [5.41, 5.74) is 2.03. The molecule has 0 aliphatic rings. The zero-order chi connectivity index (χ0) is 24.9. The summed E-state index contributed by atoms with van der Waals surface area (Å²) in [7, 11) is -3.48. The van der Waals surface area contributed by atoms with Crippen LogP contribution in [0.15, 0.2) is 47.1 Å². The standard InChI is InChI=1S/C23H24ClN3O6S/c1-23(2,17-10-15(12-25)21(20(24)11-17)31-9-8-28)16-4-6-19(7-5-16)32-13-18-14-33-22(26-18)27-34(3,29)30/h4-7,10-11,14,28H,8-9,13H2,1-3H3,(H,26,27). The van der Waals surface area contributed by atoms with Crippen molar-refractivity contribution in [1.29, 1.82) is 5.26 Å². The van der Waals surface area contributed by atoms with Gasteiger partial charge < -0.3 is 19.0 Å². The average Bonchev–Trinajstić information content (AvgIpc) is 3.22. The van der Waals surface area contributed by atoms with E-state index in [1.165, 1.54) is 6.26 Å². The highest BCUT2D eigenvalue weighted by Crippen LogP contribution is 2.38. The zero-order valence-electron chi connectivity index (χ0n) is 18.8. The fraction of sp³-hybridized carbons (Fsp3) is 0.304. The lowest BCUT2D eigenvalue weighted by atomic mass is 9.77. The van der Waals surface area contributed by atoms with Crippen molar-refractivity contribution in [2.45, 2.75) is 25.9 Å². The number of nitriles is 1. The van der Waals surface area contributed by atoms with E-state index in [0.717, 1.165) is 17.4 Å². The van der Waals surface area contributed by atoms with Crippen molar-refractivity contribution in [1.82, 2.24) is 4.98 Å². The van der Waals surface area contributed by atoms with E-state index in [4.69, 9.17) is 30.6 Å². The Kier molecular flexibility index (Phi) is 7.71. The van der Waals surface area contributed by atoms with Gasteiger partial charge in [-0.15, -0.1) is 0 Å². The first kappa shape index (κ1) is 25.4. The number of ether oxygens (including phenoxy) is 2. The molecule has 0 aliphatic carbocycles. The summed E-state index contributed by atoms with van der Waals surface area (Å²) in [5, 5.41) is 18.8. The number of oxazole rings is 1. The monoisotopic (exact) mass is 505 g/mol. The molecule has 3 aromatic rings. The van der Waals surface area contributed by atoms with Gasteiger partial charge in [0, 0.05) is 5.41 Å². The highest BCUT2D eigenvalue weighted by Gasteiger charge is 2.26. The molecule has 0 saturated carbocycles. The van der Waals surface area contributed by atoms with E-state index in [2.05, 4.69) is 15.8 Å². The van der Waals surface area contributed by atoms with Crippen LogP contribution in [0.4, 0.5) is 6.01 Å². The highest BCUT2D eigenvalue weighted by atomic mass is 35.5. The minimum Gasteiger partial charge on any atom is -0.488 e. The van der Waals surface area contributed by atoms with Crippen LogP contribution in [0.1, 0.15) is 36.2 Å². The maximum absolute atomic E-state index is 11.2. The summed E-state index contributed by atoms with van der Waals surface area (Å²) >= 11 is 6.38. The summed E-state index contributed by atoms with van der Waals surface area (Å²) in [4.78, 5) is 4.01. The molecule has 0 spiro atoms. The number of halogens is 1. The molecular weight excluding hydrogens is 482 g/mol. The SMILES string of the molecule is CC(C)(c1ccc(OCc2coc(NS(C)(=O)=O)n2)cc1)c1cc(Cl)c(OCCO)c(C#N)c1. The van der Waals surface area contributed by atoms with E-state index >= 15 is 0 Å². The molecule has 0 bridgehead atoms. The Morgan fingerprint density at radius 3 is 2.53 bits per heavy atom. The molecule has 0 unspecified atom stereocenters. The molecule has 2 N–H and O–H groups in total. The van der Waals surface area contributed by atoms with Gasteiger partial charge in [-0.1, -0.05) is 37.6 Å². The van der Waals surface area contributed by atoms with Crippen molar-refractivity contribution in [2.75, 3.05) is 24.2 Å². The molecule has 1 aromatic heterocycles. The van der Waals surface area contributed by atoms with Gasteiger partial charge in [0.25, 0.3) is 0 Å². The van der Waals surface area contributed by atoms with Crippen LogP contribution in [-0.4, -0.2) is 38.0 Å². The van der Waals surface area contributed by atoms with Gasteiger partial charge in [-0.3, -0.25) is 0 Å². The van der Waals surface area contributed by atoms with Crippen LogP contribution in [0.3, 0.4) is 0 Å². The van der Waals surface area contributed by atoms with E-state index in [0.29, 0.717) is 22.0 Å². The lowest BCUT2D eigenvalue weighted by Gasteiger charge is -2.27. The molecule has 0 fully saturated rings. The predicted octanol–water partition coefficient (Wildman–Crippen LogP) is 3.85. The third-order valence-electron chi connectivity index (χ3n) is 5.01. The number of hydrogen-bond acceptors (Lipinski definition) is 8. The third-order valence-corrected chi connectivity index (χ3v) is 5.84. The highest BCUT2D eigenvalue weighted by molar-refractivity contribution is 7.91. The summed E-state index contributed by atoms with van der Waals surface area (Å²) in [5.74, 6) is 0.841. The Balaban J connectivity index is 1.73. The van der Waals surface area contributed by atoms with Crippen LogP contribution in [0.2, 0.25) is 5.02 Å². The third kappa shape index (κ3) is 6.20. The summed E-state index contributed by atoms with van der Waals surface area (Å²) in [6.45, 7) is 3.97. The van der Waals surface area contributed by atoms with Gasteiger partial charge in [0.05, 0.1) is 23.4 Å². The van der Waals surface area contributed by atoms with Gasteiger partial charge in [-0.2, -0.15) is 10.2 Å². The van der Waals surface area contributed by atoms with Crippen LogP contribution in [-0.2, 0) is 22.0 Å². The Morgan fingerprint density at radius 1 is 1.21 bits per heavy atom. The summed E-state index contributed by atoms with van der Waals surface area (Å²) in [6.07, 6.45) is 2.32. The number of aliphatic hydroxyl groups is 1. The molecule has 180 valence electrons. The van der Waals surface area contributed by atoms with E-state index in [1.54, 1.807) is 24.3 Å². The number of hydrogen-bond donors (Lipinski definition) is 2. The van der Waals surface area contributed by atoms with Crippen LogP contribution in [0.25, 0.3) is 0 Å². The van der Waals surface area contributed by atoms with Crippen molar-refractivity contribution >= 4 is 27.6 Å². The second-order valence-corrected chi connectivity index (χ2v) is 10.1. The van der Waals surface area contributed by atoms with Crippen molar-refractivity contribution in [3.63, 3.8) is 0 Å². The lowest BCUT2D eigenvalue weighted by Crippen LogP contribution is -2.19. The fourth-order valence-corrected chi connectivity index (χ4v) is 3.89. The van der Waals surface area contributed by atoms with Crippen molar-refractivity contribution < 1.29 is 27.4 Å². The Labute approximate surface area is 203 Å². The number of sulfonamides is 1. The zero-order valence-corrected chi connectivity index (χ0v) is 20.4. The Morgan fingerprint density at radius 2 is 1.91 bits per heavy atom. The van der Waals surface area contributed by atoms with Crippen LogP contribution in [0, 0.1) is 11.3 Å². The molecule has 0 aliphatic heterocycles. The van der Waals surface area contributed by atoms with Crippen molar-refractivity contribution in [3.8, 4) is 17.6 Å². The van der Waals surface area contributed by atoms with Crippen molar-refractivity contribution in [2.24, 2.45) is 0 Å². The van der Waals surface area contributed by atoms with Gasteiger partial charge in [-0.25, -0.2) is 13.1 Å². The van der Waals surface area contributed by atoms with Crippen LogP contribution >= 0.6 is 11.6 Å². The van der Waals surface area contributed by atoms with Crippen molar-refractivity contribution in [3.05, 3.63) is 70.1 Å².